The molecule has 2 saturated carbocycles. The van der Waals surface area contributed by atoms with Crippen LogP contribution in [-0.4, -0.2) is 24.7 Å². The van der Waals surface area contributed by atoms with Crippen molar-refractivity contribution in [1.29, 1.82) is 0 Å². The minimum atomic E-state index is -0.712. The molecule has 0 aliphatic heterocycles. The standard InChI is InChI=1S/C43H79NO2.C2H6/c1-26-28(46-31(45)36(11,12)41(21,22)44-25)27(2)42(23)33(5,6)29(26)32(3,4)38(15,16)43(24)30(35(42,9)10)34(7,8)37(13,14)39(17,18)40(43,19)20;1-2/h27-28,30,44H,1-25H3;1-2H3. The van der Waals surface area contributed by atoms with Gasteiger partial charge in [-0.2, -0.15) is 0 Å². The summed E-state index contributed by atoms with van der Waals surface area (Å²) in [5.41, 5.74) is 0.880. The molecule has 0 heterocycles. The van der Waals surface area contributed by atoms with Crippen molar-refractivity contribution in [1.82, 2.24) is 5.32 Å². The Morgan fingerprint density at radius 1 is 0.625 bits per heavy atom. The summed E-state index contributed by atoms with van der Waals surface area (Å²) < 4.78 is 6.91. The van der Waals surface area contributed by atoms with Gasteiger partial charge in [-0.05, 0) is 107 Å². The fraction of sp³-hybridized carbons (Fsp3) is 0.933. The van der Waals surface area contributed by atoms with Gasteiger partial charge < -0.3 is 10.1 Å². The number of carbonyl (C=O) groups excluding carboxylic acids is 1. The lowest BCUT2D eigenvalue weighted by Gasteiger charge is -2.84. The van der Waals surface area contributed by atoms with Crippen molar-refractivity contribution in [3.05, 3.63) is 11.1 Å². The van der Waals surface area contributed by atoms with E-state index in [2.05, 4.69) is 158 Å². The normalized spacial score (nSPS) is 36.8. The summed E-state index contributed by atoms with van der Waals surface area (Å²) in [6, 6.07) is 0. The number of esters is 1. The Balaban J connectivity index is 0.00000392. The smallest absolute Gasteiger partial charge is 0.313 e. The molecule has 2 fully saturated rings. The van der Waals surface area contributed by atoms with E-state index in [1.807, 2.05) is 34.7 Å². The van der Waals surface area contributed by atoms with Crippen LogP contribution in [0.15, 0.2) is 11.1 Å². The third-order valence-corrected chi connectivity index (χ3v) is 19.9. The molecule has 0 radical (unpaired) electrons. The van der Waals surface area contributed by atoms with Crippen LogP contribution in [0.2, 0.25) is 0 Å². The maximum absolute atomic E-state index is 14.4. The van der Waals surface area contributed by atoms with Crippen LogP contribution in [0.25, 0.3) is 0 Å². The summed E-state index contributed by atoms with van der Waals surface area (Å²) in [5, 5.41) is 3.39. The van der Waals surface area contributed by atoms with Crippen LogP contribution in [0.1, 0.15) is 180 Å². The quantitative estimate of drug-likeness (QED) is 0.239. The fourth-order valence-electron chi connectivity index (χ4n) is 13.5. The summed E-state index contributed by atoms with van der Waals surface area (Å²) in [7, 11) is 1.94. The SMILES string of the molecule is CC.CNC(C)(C)C(C)(C)C(=O)OC1C(C)=C2C(C)(C)C(C)(C)C3(C)C(C(C)(C)C(C)(C)C(C)(C)C3(C)C)C(C)(C)C(C)(C1C)C2(C)C. The van der Waals surface area contributed by atoms with Gasteiger partial charge >= 0.3 is 5.97 Å². The van der Waals surface area contributed by atoms with Gasteiger partial charge in [-0.3, -0.25) is 4.79 Å². The molecule has 3 nitrogen and oxygen atoms in total. The van der Waals surface area contributed by atoms with Crippen LogP contribution >= 0.6 is 0 Å². The molecule has 5 atom stereocenters. The third-order valence-electron chi connectivity index (χ3n) is 19.9. The zero-order valence-electron chi connectivity index (χ0n) is 37.5. The lowest BCUT2D eigenvalue weighted by Crippen LogP contribution is -2.79. The summed E-state index contributed by atoms with van der Waals surface area (Å²) in [6.45, 7) is 63.5. The minimum absolute atomic E-state index is 0.000195. The highest BCUT2D eigenvalue weighted by Crippen LogP contribution is 2.86. The molecular weight excluding hydrogens is 587 g/mol. The molecule has 5 unspecified atom stereocenters. The van der Waals surface area contributed by atoms with Gasteiger partial charge in [0.15, 0.2) is 0 Å². The predicted molar refractivity (Wildman–Crippen MR) is 210 cm³/mol. The van der Waals surface area contributed by atoms with Crippen molar-refractivity contribution in [3.63, 3.8) is 0 Å². The van der Waals surface area contributed by atoms with Gasteiger partial charge in [0.25, 0.3) is 0 Å². The molecule has 0 amide bonds. The van der Waals surface area contributed by atoms with Crippen LogP contribution in [0, 0.1) is 71.4 Å². The average Bonchev–Trinajstić information content (AvgIpc) is 2.92. The molecule has 48 heavy (non-hydrogen) atoms. The molecule has 0 aromatic rings. The van der Waals surface area contributed by atoms with Crippen molar-refractivity contribution >= 4 is 5.97 Å². The first-order chi connectivity index (χ1) is 20.9. The van der Waals surface area contributed by atoms with Crippen molar-refractivity contribution in [3.8, 4) is 0 Å². The zero-order valence-corrected chi connectivity index (χ0v) is 37.5. The Kier molecular flexibility index (Phi) is 10.2. The Morgan fingerprint density at radius 3 is 1.44 bits per heavy atom. The van der Waals surface area contributed by atoms with Crippen molar-refractivity contribution in [2.24, 2.45) is 71.4 Å². The van der Waals surface area contributed by atoms with E-state index in [9.17, 15) is 4.79 Å². The summed E-state index contributed by atoms with van der Waals surface area (Å²) in [6.07, 6.45) is -0.296. The molecule has 3 aliphatic carbocycles. The second-order valence-corrected chi connectivity index (χ2v) is 22.2. The predicted octanol–water partition coefficient (Wildman–Crippen LogP) is 12.8. The summed E-state index contributed by atoms with van der Waals surface area (Å²) in [5.74, 6) is 0.350. The molecule has 0 aromatic heterocycles. The third kappa shape index (κ3) is 4.42. The molecule has 0 saturated heterocycles. The molecular formula is C45H85NO2. The van der Waals surface area contributed by atoms with E-state index in [4.69, 9.17) is 4.74 Å². The molecule has 1 N–H and O–H groups in total. The van der Waals surface area contributed by atoms with E-state index in [1.165, 1.54) is 11.1 Å². The highest BCUT2D eigenvalue weighted by Gasteiger charge is 2.81. The van der Waals surface area contributed by atoms with E-state index < -0.39 is 11.0 Å². The second-order valence-electron chi connectivity index (χ2n) is 22.2. The molecule has 2 bridgehead atoms. The van der Waals surface area contributed by atoms with Crippen LogP contribution in [0.5, 0.6) is 0 Å². The monoisotopic (exact) mass is 672 g/mol. The van der Waals surface area contributed by atoms with Gasteiger partial charge in [0.05, 0.1) is 5.41 Å². The van der Waals surface area contributed by atoms with E-state index in [0.29, 0.717) is 5.92 Å². The highest BCUT2D eigenvalue weighted by molar-refractivity contribution is 5.78. The van der Waals surface area contributed by atoms with Crippen LogP contribution in [0.4, 0.5) is 0 Å². The second kappa shape index (κ2) is 11.3. The Morgan fingerprint density at radius 2 is 1.04 bits per heavy atom. The number of nitrogens with one attached hydrogen (secondary N) is 1. The van der Waals surface area contributed by atoms with Crippen molar-refractivity contribution in [2.75, 3.05) is 7.05 Å². The van der Waals surface area contributed by atoms with Crippen LogP contribution in [0.3, 0.4) is 0 Å². The summed E-state index contributed by atoms with van der Waals surface area (Å²) in [4.78, 5) is 14.4. The number of fused-ring (bicyclic) bond motifs is 3. The van der Waals surface area contributed by atoms with Crippen molar-refractivity contribution in [2.45, 2.75) is 192 Å². The summed E-state index contributed by atoms with van der Waals surface area (Å²) >= 11 is 0. The van der Waals surface area contributed by atoms with Gasteiger partial charge in [0.2, 0.25) is 0 Å². The zero-order chi connectivity index (χ0) is 38.9. The fourth-order valence-corrected chi connectivity index (χ4v) is 13.5. The lowest BCUT2D eigenvalue weighted by atomic mass is 9.20. The molecule has 3 rings (SSSR count). The maximum atomic E-state index is 14.4. The van der Waals surface area contributed by atoms with Crippen LogP contribution in [-0.2, 0) is 9.53 Å². The Hall–Kier alpha value is -0.830. The van der Waals surface area contributed by atoms with E-state index in [0.717, 1.165) is 0 Å². The van der Waals surface area contributed by atoms with Gasteiger partial charge in [-0.25, -0.2) is 0 Å². The largest absolute Gasteiger partial charge is 0.457 e. The lowest BCUT2D eigenvalue weighted by molar-refractivity contribution is -0.350. The highest BCUT2D eigenvalue weighted by atomic mass is 16.5. The Bertz CT molecular complexity index is 1300. The van der Waals surface area contributed by atoms with Gasteiger partial charge in [0, 0.05) is 11.5 Å². The molecule has 0 spiro atoms. The number of hydrogen-bond donors (Lipinski definition) is 1. The number of allylic oxidation sites excluding steroid dienone is 1. The van der Waals surface area contributed by atoms with Crippen molar-refractivity contribution < 1.29 is 9.53 Å². The van der Waals surface area contributed by atoms with Gasteiger partial charge in [-0.1, -0.05) is 151 Å². The van der Waals surface area contributed by atoms with E-state index in [-0.39, 0.29) is 72.1 Å². The number of ether oxygens (including phenoxy) is 1. The minimum Gasteiger partial charge on any atom is -0.457 e. The van der Waals surface area contributed by atoms with E-state index >= 15 is 0 Å². The van der Waals surface area contributed by atoms with Gasteiger partial charge in [-0.15, -0.1) is 0 Å². The first kappa shape index (κ1) is 43.3. The van der Waals surface area contributed by atoms with E-state index in [1.54, 1.807) is 0 Å². The van der Waals surface area contributed by atoms with Crippen LogP contribution < -0.4 is 5.32 Å². The first-order valence-electron chi connectivity index (χ1n) is 19.5. The average molecular weight is 672 g/mol. The Labute approximate surface area is 301 Å². The molecule has 0 aromatic carbocycles. The molecule has 3 heteroatoms. The van der Waals surface area contributed by atoms with Gasteiger partial charge in [0.1, 0.15) is 6.10 Å². The molecule has 3 aliphatic rings. The maximum Gasteiger partial charge on any atom is 0.313 e. The molecule has 282 valence electrons. The number of rotatable bonds is 4. The number of carbonyl (C=O) groups is 1. The number of hydrogen-bond acceptors (Lipinski definition) is 3. The first-order valence-corrected chi connectivity index (χ1v) is 19.5. The topological polar surface area (TPSA) is 38.3 Å².